The number of hydrazine groups is 1. The number of ether oxygens (including phenoxy) is 1. The molecule has 1 fully saturated rings. The van der Waals surface area contributed by atoms with Crippen LogP contribution in [0.4, 0.5) is 11.8 Å². The van der Waals surface area contributed by atoms with E-state index in [1.54, 1.807) is 12.3 Å². The lowest BCUT2D eigenvalue weighted by Crippen LogP contribution is -2.44. The van der Waals surface area contributed by atoms with E-state index in [1.807, 2.05) is 4.90 Å². The standard InChI is InChI=1S/C9H15N5O2/c10-13-9-11-2-1-8(12-9)14-3-4-16-7(5-14)6-15/h1-2,7,15H,3-6,10H2,(H,11,12,13). The van der Waals surface area contributed by atoms with Gasteiger partial charge in [0, 0.05) is 19.3 Å². The summed E-state index contributed by atoms with van der Waals surface area (Å²) in [7, 11) is 0. The predicted molar refractivity (Wildman–Crippen MR) is 58.9 cm³/mol. The second-order valence-corrected chi connectivity index (χ2v) is 3.50. The molecule has 1 unspecified atom stereocenters. The summed E-state index contributed by atoms with van der Waals surface area (Å²) in [6.45, 7) is 1.97. The highest BCUT2D eigenvalue weighted by molar-refractivity contribution is 5.42. The van der Waals surface area contributed by atoms with Gasteiger partial charge in [-0.25, -0.2) is 10.8 Å². The number of nitrogens with zero attached hydrogens (tertiary/aromatic N) is 3. The van der Waals surface area contributed by atoms with Crippen molar-refractivity contribution in [2.45, 2.75) is 6.10 Å². The molecule has 1 atom stereocenters. The Bertz CT molecular complexity index is 348. The zero-order valence-electron chi connectivity index (χ0n) is 8.83. The maximum absolute atomic E-state index is 9.04. The number of morpholine rings is 1. The zero-order chi connectivity index (χ0) is 11.4. The summed E-state index contributed by atoms with van der Waals surface area (Å²) in [6, 6.07) is 1.81. The van der Waals surface area contributed by atoms with Gasteiger partial charge in [-0.3, -0.25) is 5.43 Å². The molecule has 1 aromatic heterocycles. The fourth-order valence-corrected chi connectivity index (χ4v) is 1.63. The molecule has 0 radical (unpaired) electrons. The van der Waals surface area contributed by atoms with E-state index in [2.05, 4.69) is 15.4 Å². The molecule has 0 bridgehead atoms. The Morgan fingerprint density at radius 3 is 3.31 bits per heavy atom. The van der Waals surface area contributed by atoms with Crippen LogP contribution >= 0.6 is 0 Å². The van der Waals surface area contributed by atoms with E-state index in [-0.39, 0.29) is 12.7 Å². The minimum Gasteiger partial charge on any atom is -0.394 e. The Hall–Kier alpha value is -1.44. The van der Waals surface area contributed by atoms with Crippen LogP contribution < -0.4 is 16.2 Å². The fraction of sp³-hybridized carbons (Fsp3) is 0.556. The number of nitrogens with two attached hydrogens (primary N) is 1. The number of nitrogen functional groups attached to an aromatic ring is 1. The maximum atomic E-state index is 9.04. The monoisotopic (exact) mass is 225 g/mol. The van der Waals surface area contributed by atoms with Crippen LogP contribution in [0.15, 0.2) is 12.3 Å². The van der Waals surface area contributed by atoms with Crippen molar-refractivity contribution in [3.8, 4) is 0 Å². The van der Waals surface area contributed by atoms with Gasteiger partial charge in [0.05, 0.1) is 19.3 Å². The summed E-state index contributed by atoms with van der Waals surface area (Å²) in [5.74, 6) is 6.40. The minimum absolute atomic E-state index is 0.0174. The predicted octanol–water partition coefficient (Wildman–Crippen LogP) is -1.04. The Kier molecular flexibility index (Phi) is 3.50. The molecule has 0 aliphatic carbocycles. The molecule has 88 valence electrons. The van der Waals surface area contributed by atoms with Gasteiger partial charge in [-0.05, 0) is 6.07 Å². The normalized spacial score (nSPS) is 20.9. The van der Waals surface area contributed by atoms with Gasteiger partial charge in [-0.15, -0.1) is 0 Å². The van der Waals surface area contributed by atoms with Crippen molar-refractivity contribution in [2.75, 3.05) is 36.6 Å². The van der Waals surface area contributed by atoms with Crippen molar-refractivity contribution in [2.24, 2.45) is 5.84 Å². The van der Waals surface area contributed by atoms with Crippen LogP contribution in [0.3, 0.4) is 0 Å². The number of rotatable bonds is 3. The van der Waals surface area contributed by atoms with Gasteiger partial charge in [-0.1, -0.05) is 0 Å². The third-order valence-electron chi connectivity index (χ3n) is 2.44. The lowest BCUT2D eigenvalue weighted by molar-refractivity contribution is 0.00336. The molecule has 1 aromatic rings. The number of aliphatic hydroxyl groups excluding tert-OH is 1. The molecule has 1 aliphatic rings. The Labute approximate surface area is 93.2 Å². The molecular weight excluding hydrogens is 210 g/mol. The summed E-state index contributed by atoms with van der Waals surface area (Å²) in [5.41, 5.74) is 2.40. The number of nitrogens with one attached hydrogen (secondary N) is 1. The molecule has 1 saturated heterocycles. The van der Waals surface area contributed by atoms with Crippen molar-refractivity contribution in [3.05, 3.63) is 12.3 Å². The number of hydrogen-bond acceptors (Lipinski definition) is 7. The van der Waals surface area contributed by atoms with Crippen molar-refractivity contribution < 1.29 is 9.84 Å². The van der Waals surface area contributed by atoms with Crippen LogP contribution in [0, 0.1) is 0 Å². The van der Waals surface area contributed by atoms with Crippen LogP contribution in [0.2, 0.25) is 0 Å². The topological polar surface area (TPSA) is 96.5 Å². The van der Waals surface area contributed by atoms with Gasteiger partial charge >= 0.3 is 0 Å². The quantitative estimate of drug-likeness (QED) is 0.446. The first-order valence-corrected chi connectivity index (χ1v) is 5.10. The first-order chi connectivity index (χ1) is 7.83. The van der Waals surface area contributed by atoms with E-state index in [1.165, 1.54) is 0 Å². The molecule has 7 heteroatoms. The zero-order valence-corrected chi connectivity index (χ0v) is 8.83. The van der Waals surface area contributed by atoms with Gasteiger partial charge in [0.25, 0.3) is 0 Å². The molecule has 7 nitrogen and oxygen atoms in total. The lowest BCUT2D eigenvalue weighted by Gasteiger charge is -2.32. The van der Waals surface area contributed by atoms with E-state index in [4.69, 9.17) is 15.7 Å². The maximum Gasteiger partial charge on any atom is 0.239 e. The second kappa shape index (κ2) is 5.06. The highest BCUT2D eigenvalue weighted by atomic mass is 16.5. The molecule has 0 amide bonds. The molecule has 0 aromatic carbocycles. The van der Waals surface area contributed by atoms with E-state index in [9.17, 15) is 0 Å². The van der Waals surface area contributed by atoms with Crippen LogP contribution in [-0.4, -0.2) is 47.5 Å². The summed E-state index contributed by atoms with van der Waals surface area (Å²) < 4.78 is 5.36. The fourth-order valence-electron chi connectivity index (χ4n) is 1.63. The summed E-state index contributed by atoms with van der Waals surface area (Å²) in [5, 5.41) is 9.04. The summed E-state index contributed by atoms with van der Waals surface area (Å²) in [6.07, 6.45) is 1.49. The smallest absolute Gasteiger partial charge is 0.239 e. The molecule has 4 N–H and O–H groups in total. The first kappa shape index (κ1) is 11.1. The van der Waals surface area contributed by atoms with Crippen molar-refractivity contribution in [3.63, 3.8) is 0 Å². The van der Waals surface area contributed by atoms with Gasteiger partial charge < -0.3 is 14.7 Å². The van der Waals surface area contributed by atoms with E-state index in [0.29, 0.717) is 19.1 Å². The van der Waals surface area contributed by atoms with E-state index in [0.717, 1.165) is 12.4 Å². The Morgan fingerprint density at radius 1 is 1.69 bits per heavy atom. The van der Waals surface area contributed by atoms with E-state index >= 15 is 0 Å². The SMILES string of the molecule is NNc1nccc(N2CCOC(CO)C2)n1. The van der Waals surface area contributed by atoms with Gasteiger partial charge in [0.2, 0.25) is 5.95 Å². The van der Waals surface area contributed by atoms with Crippen LogP contribution in [0.5, 0.6) is 0 Å². The average molecular weight is 225 g/mol. The lowest BCUT2D eigenvalue weighted by atomic mass is 10.3. The molecule has 1 aliphatic heterocycles. The highest BCUT2D eigenvalue weighted by Gasteiger charge is 2.20. The molecule has 0 spiro atoms. The largest absolute Gasteiger partial charge is 0.394 e. The van der Waals surface area contributed by atoms with Gasteiger partial charge in [0.1, 0.15) is 5.82 Å². The third kappa shape index (κ3) is 2.38. The number of anilines is 2. The second-order valence-electron chi connectivity index (χ2n) is 3.50. The van der Waals surface area contributed by atoms with Crippen molar-refractivity contribution >= 4 is 11.8 Å². The molecule has 2 heterocycles. The Balaban J connectivity index is 2.10. The number of aromatic nitrogens is 2. The highest BCUT2D eigenvalue weighted by Crippen LogP contribution is 2.15. The van der Waals surface area contributed by atoms with Crippen LogP contribution in [0.25, 0.3) is 0 Å². The molecule has 0 saturated carbocycles. The van der Waals surface area contributed by atoms with Crippen LogP contribution in [0.1, 0.15) is 0 Å². The van der Waals surface area contributed by atoms with Crippen molar-refractivity contribution in [1.82, 2.24) is 9.97 Å². The average Bonchev–Trinajstić information content (AvgIpc) is 2.39. The molecular formula is C9H15N5O2. The third-order valence-corrected chi connectivity index (χ3v) is 2.44. The van der Waals surface area contributed by atoms with Gasteiger partial charge in [0.15, 0.2) is 0 Å². The number of aliphatic hydroxyl groups is 1. The Morgan fingerprint density at radius 2 is 2.56 bits per heavy atom. The van der Waals surface area contributed by atoms with E-state index < -0.39 is 0 Å². The summed E-state index contributed by atoms with van der Waals surface area (Å²) >= 11 is 0. The van der Waals surface area contributed by atoms with Gasteiger partial charge in [-0.2, -0.15) is 4.98 Å². The number of hydrogen-bond donors (Lipinski definition) is 3. The van der Waals surface area contributed by atoms with Crippen LogP contribution in [-0.2, 0) is 4.74 Å². The summed E-state index contributed by atoms with van der Waals surface area (Å²) in [4.78, 5) is 10.2. The molecule has 2 rings (SSSR count). The minimum atomic E-state index is -0.155. The van der Waals surface area contributed by atoms with Crippen molar-refractivity contribution in [1.29, 1.82) is 0 Å². The molecule has 16 heavy (non-hydrogen) atoms. The first-order valence-electron chi connectivity index (χ1n) is 5.10.